The summed E-state index contributed by atoms with van der Waals surface area (Å²) in [6, 6.07) is 0. The summed E-state index contributed by atoms with van der Waals surface area (Å²) >= 11 is 0. The van der Waals surface area contributed by atoms with Gasteiger partial charge in [-0.1, -0.05) is 0 Å². The number of carbonyl (C=O) groups is 2. The van der Waals surface area contributed by atoms with Crippen molar-refractivity contribution >= 4 is 12.1 Å². The number of carbonyl (C=O) groups excluding carboxylic acids is 1. The minimum Gasteiger partial charge on any atom is -0.449 e. The van der Waals surface area contributed by atoms with Crippen LogP contribution in [0.2, 0.25) is 0 Å². The Hall–Kier alpha value is -1.26. The smallest absolute Gasteiger partial charge is 0.449 e. The number of esters is 1. The molecule has 16 heavy (non-hydrogen) atoms. The van der Waals surface area contributed by atoms with Crippen LogP contribution in [0.5, 0.6) is 0 Å². The van der Waals surface area contributed by atoms with Gasteiger partial charge in [-0.05, 0) is 0 Å². The van der Waals surface area contributed by atoms with Gasteiger partial charge in [-0.25, -0.2) is 9.59 Å². The van der Waals surface area contributed by atoms with E-state index in [9.17, 15) is 9.59 Å². The first-order chi connectivity index (χ1) is 7.31. The average molecular weight is 240 g/mol. The van der Waals surface area contributed by atoms with Crippen LogP contribution < -0.4 is 0 Å². The Kier molecular flexibility index (Phi) is 5.85. The number of aliphatic hydroxyl groups is 5. The quantitative estimate of drug-likeness (QED) is 0.212. The molecule has 0 aliphatic rings. The van der Waals surface area contributed by atoms with Gasteiger partial charge in [0.2, 0.25) is 0 Å². The van der Waals surface area contributed by atoms with Crippen molar-refractivity contribution in [1.29, 1.82) is 0 Å². The van der Waals surface area contributed by atoms with Crippen molar-refractivity contribution < 1.29 is 45.0 Å². The van der Waals surface area contributed by atoms with Crippen molar-refractivity contribution in [3.63, 3.8) is 0 Å². The predicted molar refractivity (Wildman–Crippen MR) is 45.2 cm³/mol. The summed E-state index contributed by atoms with van der Waals surface area (Å²) in [4.78, 5) is 20.7. The summed E-state index contributed by atoms with van der Waals surface area (Å²) in [6.45, 7) is -0.918. The van der Waals surface area contributed by atoms with Gasteiger partial charge in [0.05, 0.1) is 6.61 Å². The van der Waals surface area contributed by atoms with Crippen LogP contribution in [0.25, 0.3) is 0 Å². The molecule has 0 fully saturated rings. The fraction of sp³-hybridized carbons (Fsp3) is 0.714. The number of aliphatic hydroxyl groups excluding tert-OH is 5. The highest BCUT2D eigenvalue weighted by molar-refractivity contribution is 5.84. The van der Waals surface area contributed by atoms with Crippen LogP contribution in [0.4, 0.5) is 4.79 Å². The zero-order valence-electron chi connectivity index (χ0n) is 7.92. The Morgan fingerprint density at radius 1 is 1.06 bits per heavy atom. The van der Waals surface area contributed by atoms with E-state index in [1.54, 1.807) is 0 Å². The van der Waals surface area contributed by atoms with Gasteiger partial charge in [0.1, 0.15) is 18.3 Å². The second-order valence-electron chi connectivity index (χ2n) is 2.86. The zero-order valence-corrected chi connectivity index (χ0v) is 7.92. The molecule has 4 atom stereocenters. The van der Waals surface area contributed by atoms with Crippen LogP contribution in [0.3, 0.4) is 0 Å². The first-order valence-corrected chi connectivity index (χ1v) is 4.09. The second kappa shape index (κ2) is 6.35. The van der Waals surface area contributed by atoms with Crippen molar-refractivity contribution in [1.82, 2.24) is 0 Å². The Bertz CT molecular complexity index is 252. The molecule has 0 aromatic rings. The van der Waals surface area contributed by atoms with E-state index in [1.807, 2.05) is 0 Å². The lowest BCUT2D eigenvalue weighted by Crippen LogP contribution is -2.49. The molecule has 0 aromatic carbocycles. The van der Waals surface area contributed by atoms with Crippen molar-refractivity contribution in [3.8, 4) is 0 Å². The van der Waals surface area contributed by atoms with Gasteiger partial charge in [-0.15, -0.1) is 0 Å². The summed E-state index contributed by atoms with van der Waals surface area (Å²) < 4.78 is 3.51. The standard InChI is InChI=1S/C7H12O9/c8-1-2(9)3(10)4(11)5(12)6(13)16-7(14)15/h2-5,8-12H,1H2,(H,14,15)/t2-,3-,4+,5-/m1/s1. The van der Waals surface area contributed by atoms with Crippen LogP contribution in [0.15, 0.2) is 0 Å². The second-order valence-corrected chi connectivity index (χ2v) is 2.86. The molecule has 9 nitrogen and oxygen atoms in total. The molecular formula is C7H12O9. The van der Waals surface area contributed by atoms with Crippen molar-refractivity contribution in [2.75, 3.05) is 6.61 Å². The number of hydrogen-bond acceptors (Lipinski definition) is 8. The number of carboxylic acid groups (broad SMARTS) is 1. The molecule has 0 heterocycles. The Labute approximate surface area is 89.1 Å². The highest BCUT2D eigenvalue weighted by atomic mass is 16.7. The summed E-state index contributed by atoms with van der Waals surface area (Å²) in [5.41, 5.74) is 0. The highest BCUT2D eigenvalue weighted by Gasteiger charge is 2.35. The largest absolute Gasteiger partial charge is 0.513 e. The third-order valence-corrected chi connectivity index (χ3v) is 1.68. The molecule has 0 bridgehead atoms. The Morgan fingerprint density at radius 3 is 1.94 bits per heavy atom. The van der Waals surface area contributed by atoms with E-state index in [0.717, 1.165) is 0 Å². The topological polar surface area (TPSA) is 165 Å². The van der Waals surface area contributed by atoms with Crippen LogP contribution in [-0.2, 0) is 9.53 Å². The fourth-order valence-electron chi connectivity index (χ4n) is 0.808. The SMILES string of the molecule is O=C(O)OC(=O)[C@H](O)[C@@H](O)[C@H](O)[C@H](O)CO. The van der Waals surface area contributed by atoms with Gasteiger partial charge in [0.25, 0.3) is 0 Å². The fourth-order valence-corrected chi connectivity index (χ4v) is 0.808. The van der Waals surface area contributed by atoms with E-state index < -0.39 is 43.1 Å². The average Bonchev–Trinajstić information content (AvgIpc) is 2.23. The minimum atomic E-state index is -2.35. The molecule has 6 N–H and O–H groups in total. The Morgan fingerprint density at radius 2 is 1.56 bits per heavy atom. The summed E-state index contributed by atoms with van der Waals surface area (Å²) in [7, 11) is 0. The van der Waals surface area contributed by atoms with Gasteiger partial charge >= 0.3 is 12.1 Å². The lowest BCUT2D eigenvalue weighted by atomic mass is 10.0. The number of rotatable bonds is 5. The van der Waals surface area contributed by atoms with Gasteiger partial charge < -0.3 is 35.4 Å². The maximum atomic E-state index is 10.7. The number of hydrogen-bond donors (Lipinski definition) is 6. The lowest BCUT2D eigenvalue weighted by Gasteiger charge is -2.23. The molecule has 9 heteroatoms. The third kappa shape index (κ3) is 4.08. The van der Waals surface area contributed by atoms with Crippen LogP contribution in [0, 0.1) is 0 Å². The van der Waals surface area contributed by atoms with Crippen LogP contribution in [0.1, 0.15) is 0 Å². The molecular weight excluding hydrogens is 228 g/mol. The predicted octanol–water partition coefficient (Wildman–Crippen LogP) is -3.36. The molecule has 0 aliphatic carbocycles. The molecule has 0 rings (SSSR count). The monoisotopic (exact) mass is 240 g/mol. The van der Waals surface area contributed by atoms with Gasteiger partial charge in [-0.3, -0.25) is 0 Å². The van der Waals surface area contributed by atoms with Crippen LogP contribution >= 0.6 is 0 Å². The molecule has 0 saturated heterocycles. The molecule has 0 amide bonds. The molecule has 94 valence electrons. The van der Waals surface area contributed by atoms with E-state index in [2.05, 4.69) is 4.74 Å². The van der Waals surface area contributed by atoms with Crippen molar-refractivity contribution in [3.05, 3.63) is 0 Å². The highest BCUT2D eigenvalue weighted by Crippen LogP contribution is 2.06. The lowest BCUT2D eigenvalue weighted by molar-refractivity contribution is -0.165. The molecule has 0 aliphatic heterocycles. The molecule has 0 aromatic heterocycles. The number of ether oxygens (including phenoxy) is 1. The minimum absolute atomic E-state index is 0.918. The first kappa shape index (κ1) is 14.7. The van der Waals surface area contributed by atoms with E-state index in [1.165, 1.54) is 0 Å². The normalized spacial score (nSPS) is 18.3. The van der Waals surface area contributed by atoms with Gasteiger partial charge in [0, 0.05) is 0 Å². The molecule has 0 spiro atoms. The maximum absolute atomic E-state index is 10.7. The maximum Gasteiger partial charge on any atom is 0.513 e. The third-order valence-electron chi connectivity index (χ3n) is 1.68. The zero-order chi connectivity index (χ0) is 12.9. The Balaban J connectivity index is 4.42. The molecule has 0 saturated carbocycles. The summed E-state index contributed by atoms with van der Waals surface area (Å²) in [5, 5.41) is 52.5. The molecule has 0 unspecified atom stereocenters. The summed E-state index contributed by atoms with van der Waals surface area (Å²) in [5.74, 6) is -1.70. The van der Waals surface area contributed by atoms with Crippen LogP contribution in [-0.4, -0.2) is 73.8 Å². The van der Waals surface area contributed by atoms with Crippen molar-refractivity contribution in [2.24, 2.45) is 0 Å². The van der Waals surface area contributed by atoms with Gasteiger partial charge in [0.15, 0.2) is 6.10 Å². The molecule has 0 radical (unpaired) electrons. The van der Waals surface area contributed by atoms with E-state index in [0.29, 0.717) is 0 Å². The van der Waals surface area contributed by atoms with E-state index in [-0.39, 0.29) is 0 Å². The summed E-state index contributed by atoms with van der Waals surface area (Å²) in [6.07, 6.45) is -10.3. The van der Waals surface area contributed by atoms with Gasteiger partial charge in [-0.2, -0.15) is 0 Å². The van der Waals surface area contributed by atoms with Crippen molar-refractivity contribution in [2.45, 2.75) is 24.4 Å². The van der Waals surface area contributed by atoms with E-state index >= 15 is 0 Å². The first-order valence-electron chi connectivity index (χ1n) is 4.09. The van der Waals surface area contributed by atoms with E-state index in [4.69, 9.17) is 30.6 Å².